The van der Waals surface area contributed by atoms with Gasteiger partial charge in [-0.3, -0.25) is 9.53 Å². The molecule has 188 valence electrons. The molecule has 1 heterocycles. The van der Waals surface area contributed by atoms with Crippen LogP contribution < -0.4 is 56.0 Å². The van der Waals surface area contributed by atoms with Gasteiger partial charge in [0.05, 0.1) is 6.61 Å². The maximum atomic E-state index is 11.6. The van der Waals surface area contributed by atoms with E-state index >= 15 is 0 Å². The van der Waals surface area contributed by atoms with E-state index in [9.17, 15) is 9.59 Å². The summed E-state index contributed by atoms with van der Waals surface area (Å²) in [6, 6.07) is 20.3. The number of anilines is 1. The van der Waals surface area contributed by atoms with Gasteiger partial charge in [0, 0.05) is 25.4 Å². The zero-order valence-corrected chi connectivity index (χ0v) is 23.7. The molecule has 1 N–H and O–H groups in total. The van der Waals surface area contributed by atoms with Crippen LogP contribution in [0.25, 0.3) is 11.1 Å². The van der Waals surface area contributed by atoms with Crippen molar-refractivity contribution in [1.29, 1.82) is 0 Å². The van der Waals surface area contributed by atoms with E-state index in [1.165, 1.54) is 5.56 Å². The van der Waals surface area contributed by atoms with Crippen molar-refractivity contribution in [2.45, 2.75) is 33.9 Å². The van der Waals surface area contributed by atoms with Crippen LogP contribution in [0, 0.1) is 13.8 Å². The SMILES string of the molecule is CCOCCOc1cc(C)c(-c2cccc(CNc3ccc(Cn4oc(=O)[n-]c4=O)cc3)c2)c(C)c1.[Na+]. The Balaban J connectivity index is 0.00000380. The number of benzene rings is 3. The number of rotatable bonds is 11. The van der Waals surface area contributed by atoms with Gasteiger partial charge < -0.3 is 24.3 Å². The molecule has 0 aliphatic heterocycles. The maximum Gasteiger partial charge on any atom is 1.00 e. The summed E-state index contributed by atoms with van der Waals surface area (Å²) in [6.45, 7) is 8.81. The van der Waals surface area contributed by atoms with Gasteiger partial charge in [-0.25, -0.2) is 4.79 Å². The third-order valence-electron chi connectivity index (χ3n) is 5.79. The largest absolute Gasteiger partial charge is 1.00 e. The molecule has 0 unspecified atom stereocenters. The second kappa shape index (κ2) is 13.5. The van der Waals surface area contributed by atoms with E-state index in [1.807, 2.05) is 31.2 Å². The van der Waals surface area contributed by atoms with Crippen LogP contribution in [0.3, 0.4) is 0 Å². The molecule has 0 saturated carbocycles. The van der Waals surface area contributed by atoms with Crippen LogP contribution in [0.2, 0.25) is 0 Å². The van der Waals surface area contributed by atoms with E-state index in [2.05, 4.69) is 60.5 Å². The molecule has 0 aliphatic carbocycles. The molecular weight excluding hydrogens is 481 g/mol. The number of hydrogen-bond donors (Lipinski definition) is 1. The Morgan fingerprint density at radius 3 is 2.32 bits per heavy atom. The van der Waals surface area contributed by atoms with Crippen LogP contribution >= 0.6 is 0 Å². The summed E-state index contributed by atoms with van der Waals surface area (Å²) in [7, 11) is 0. The van der Waals surface area contributed by atoms with Crippen molar-refractivity contribution in [3.8, 4) is 16.9 Å². The molecule has 0 fully saturated rings. The molecule has 4 rings (SSSR count). The summed E-state index contributed by atoms with van der Waals surface area (Å²) in [5.41, 5.74) is 6.95. The van der Waals surface area contributed by atoms with E-state index < -0.39 is 11.4 Å². The number of hydrogen-bond acceptors (Lipinski definition) is 6. The Morgan fingerprint density at radius 2 is 1.68 bits per heavy atom. The van der Waals surface area contributed by atoms with Gasteiger partial charge in [-0.15, -0.1) is 0 Å². The summed E-state index contributed by atoms with van der Waals surface area (Å²) in [5, 5.41) is 3.43. The first kappa shape index (κ1) is 28.5. The third-order valence-corrected chi connectivity index (χ3v) is 5.79. The zero-order valence-electron chi connectivity index (χ0n) is 21.7. The topological polar surface area (TPSA) is 96.8 Å². The van der Waals surface area contributed by atoms with Crippen molar-refractivity contribution in [3.63, 3.8) is 0 Å². The quantitative estimate of drug-likeness (QED) is 0.238. The third kappa shape index (κ3) is 7.72. The molecular formula is C28H30N3NaO5. The van der Waals surface area contributed by atoms with E-state index in [-0.39, 0.29) is 36.1 Å². The van der Waals surface area contributed by atoms with Crippen molar-refractivity contribution in [3.05, 3.63) is 104 Å². The van der Waals surface area contributed by atoms with E-state index in [1.54, 1.807) is 0 Å². The van der Waals surface area contributed by atoms with Gasteiger partial charge in [-0.05, 0) is 84.5 Å². The van der Waals surface area contributed by atoms with Crippen molar-refractivity contribution in [1.82, 2.24) is 9.72 Å². The minimum Gasteiger partial charge on any atom is -0.491 e. The predicted molar refractivity (Wildman–Crippen MR) is 139 cm³/mol. The first-order chi connectivity index (χ1) is 17.4. The van der Waals surface area contributed by atoms with Crippen molar-refractivity contribution in [2.24, 2.45) is 0 Å². The van der Waals surface area contributed by atoms with Crippen LogP contribution in [0.15, 0.2) is 74.8 Å². The zero-order chi connectivity index (χ0) is 25.5. The molecule has 0 spiro atoms. The van der Waals surface area contributed by atoms with Gasteiger partial charge in [0.25, 0.3) is 0 Å². The Kier molecular flexibility index (Phi) is 10.4. The van der Waals surface area contributed by atoms with Crippen LogP contribution in [-0.4, -0.2) is 24.6 Å². The summed E-state index contributed by atoms with van der Waals surface area (Å²) in [5.74, 6) is -0.0240. The molecule has 1 aromatic heterocycles. The average molecular weight is 512 g/mol. The second-order valence-electron chi connectivity index (χ2n) is 8.52. The molecule has 0 bridgehead atoms. The molecule has 9 heteroatoms. The minimum absolute atomic E-state index is 0. The number of ether oxygens (including phenoxy) is 2. The van der Waals surface area contributed by atoms with Crippen molar-refractivity contribution in [2.75, 3.05) is 25.1 Å². The van der Waals surface area contributed by atoms with E-state index in [4.69, 9.17) is 14.0 Å². The molecule has 0 aliphatic rings. The Bertz CT molecular complexity index is 1400. The van der Waals surface area contributed by atoms with Crippen LogP contribution in [-0.2, 0) is 17.8 Å². The number of aromatic nitrogens is 2. The molecule has 0 radical (unpaired) electrons. The van der Waals surface area contributed by atoms with Gasteiger partial charge >= 0.3 is 35.3 Å². The molecule has 0 saturated heterocycles. The van der Waals surface area contributed by atoms with Gasteiger partial charge in [0.1, 0.15) is 12.4 Å². The Labute approximate surface area is 237 Å². The second-order valence-corrected chi connectivity index (χ2v) is 8.52. The van der Waals surface area contributed by atoms with Crippen LogP contribution in [0.4, 0.5) is 5.69 Å². The molecule has 3 aromatic carbocycles. The fourth-order valence-electron chi connectivity index (χ4n) is 4.15. The fourth-order valence-corrected chi connectivity index (χ4v) is 4.15. The monoisotopic (exact) mass is 511 g/mol. The number of nitrogens with zero attached hydrogens (tertiary/aromatic N) is 2. The smallest absolute Gasteiger partial charge is 0.491 e. The first-order valence-electron chi connectivity index (χ1n) is 11.9. The maximum absolute atomic E-state index is 11.6. The van der Waals surface area contributed by atoms with Crippen molar-refractivity contribution < 1.29 is 43.6 Å². The summed E-state index contributed by atoms with van der Waals surface area (Å²) in [6.07, 6.45) is 0. The van der Waals surface area contributed by atoms with Gasteiger partial charge in [-0.1, -0.05) is 30.3 Å². The summed E-state index contributed by atoms with van der Waals surface area (Å²) >= 11 is 0. The van der Waals surface area contributed by atoms with Crippen LogP contribution in [0.1, 0.15) is 29.2 Å². The first-order valence-corrected chi connectivity index (χ1v) is 11.9. The van der Waals surface area contributed by atoms with E-state index in [0.717, 1.165) is 44.0 Å². The summed E-state index contributed by atoms with van der Waals surface area (Å²) in [4.78, 5) is 25.9. The van der Waals surface area contributed by atoms with Crippen LogP contribution in [0.5, 0.6) is 5.75 Å². The standard InChI is InChI=1S/C28H31N3O5.Na/c1-4-34-12-13-35-25-14-19(2)26(20(3)15-25)23-7-5-6-22(16-23)17-29-24-10-8-21(9-11-24)18-31-27(32)30-28(33)36-31;/h5-11,14-16,29H,4,12-13,17-18H2,1-3H3,(H,30,32,33);/q;+1/p-1. The Hall–Kier alpha value is -3.04. The van der Waals surface area contributed by atoms with Gasteiger partial charge in [-0.2, -0.15) is 0 Å². The normalized spacial score (nSPS) is 10.7. The number of aryl methyl sites for hydroxylation is 2. The van der Waals surface area contributed by atoms with Crippen molar-refractivity contribution >= 4 is 5.69 Å². The van der Waals surface area contributed by atoms with Gasteiger partial charge in [0.15, 0.2) is 5.69 Å². The molecule has 0 amide bonds. The van der Waals surface area contributed by atoms with Gasteiger partial charge in [0.2, 0.25) is 0 Å². The predicted octanol–water partition coefficient (Wildman–Crippen LogP) is 1.12. The summed E-state index contributed by atoms with van der Waals surface area (Å²) < 4.78 is 16.9. The minimum atomic E-state index is -0.882. The number of nitrogens with one attached hydrogen (secondary N) is 1. The average Bonchev–Trinajstić information content (AvgIpc) is 3.17. The fraction of sp³-hybridized carbons (Fsp3) is 0.286. The van der Waals surface area contributed by atoms with E-state index in [0.29, 0.717) is 26.4 Å². The molecule has 4 aromatic rings. The molecule has 37 heavy (non-hydrogen) atoms. The molecule has 8 nitrogen and oxygen atoms in total. The molecule has 0 atom stereocenters. The Morgan fingerprint density at radius 1 is 0.946 bits per heavy atom.